The maximum atomic E-state index is 12.6. The molecule has 0 atom stereocenters. The zero-order chi connectivity index (χ0) is 16.4. The second-order valence-corrected chi connectivity index (χ2v) is 8.91. The van der Waals surface area contributed by atoms with Crippen LogP contribution in [0.4, 0.5) is 5.69 Å². The minimum Gasteiger partial charge on any atom is -0.497 e. The minimum atomic E-state index is -3.35. The second-order valence-electron chi connectivity index (χ2n) is 5.45. The average molecular weight is 352 g/mol. The third-order valence-corrected chi connectivity index (χ3v) is 7.35. The molecule has 0 bridgehead atoms. The summed E-state index contributed by atoms with van der Waals surface area (Å²) in [4.78, 5) is 3.21. The lowest BCUT2D eigenvalue weighted by Crippen LogP contribution is -2.48. The van der Waals surface area contributed by atoms with Gasteiger partial charge in [-0.15, -0.1) is 11.3 Å². The molecular weight excluding hydrogens is 332 g/mol. The molecule has 0 amide bonds. The van der Waals surface area contributed by atoms with Crippen molar-refractivity contribution in [3.8, 4) is 5.75 Å². The molecule has 0 aliphatic carbocycles. The zero-order valence-electron chi connectivity index (χ0n) is 13.2. The van der Waals surface area contributed by atoms with Crippen molar-refractivity contribution < 1.29 is 13.2 Å². The first-order valence-electron chi connectivity index (χ1n) is 7.46. The normalized spacial score (nSPS) is 16.5. The predicted octanol–water partition coefficient (Wildman–Crippen LogP) is 2.58. The molecule has 0 spiro atoms. The molecule has 1 saturated heterocycles. The van der Waals surface area contributed by atoms with Crippen molar-refractivity contribution in [3.05, 3.63) is 41.3 Å². The molecule has 1 aromatic heterocycles. The van der Waals surface area contributed by atoms with Crippen molar-refractivity contribution in [2.24, 2.45) is 0 Å². The second kappa shape index (κ2) is 6.51. The molecule has 1 aliphatic rings. The molecular formula is C16H20N2O3S2. The van der Waals surface area contributed by atoms with Crippen LogP contribution in [0.25, 0.3) is 0 Å². The number of methoxy groups -OCH3 is 1. The number of benzene rings is 1. The number of nitrogens with zero attached hydrogens (tertiary/aromatic N) is 2. The molecule has 3 rings (SSSR count). The molecule has 1 fully saturated rings. The van der Waals surface area contributed by atoms with Gasteiger partial charge in [-0.25, -0.2) is 8.42 Å². The first kappa shape index (κ1) is 16.3. The summed E-state index contributed by atoms with van der Waals surface area (Å²) in [6.45, 7) is 4.31. The molecule has 1 aliphatic heterocycles. The summed E-state index contributed by atoms with van der Waals surface area (Å²) in [5, 5.41) is 0. The van der Waals surface area contributed by atoms with E-state index in [0.717, 1.165) is 16.3 Å². The Hall–Kier alpha value is -1.57. The maximum absolute atomic E-state index is 12.6. The van der Waals surface area contributed by atoms with Crippen molar-refractivity contribution in [2.45, 2.75) is 11.1 Å². The number of hydrogen-bond acceptors (Lipinski definition) is 5. The lowest BCUT2D eigenvalue weighted by atomic mass is 10.2. The van der Waals surface area contributed by atoms with E-state index in [1.165, 1.54) is 11.3 Å². The number of hydrogen-bond donors (Lipinski definition) is 0. The average Bonchev–Trinajstić information content (AvgIpc) is 3.02. The number of thiophene rings is 1. The van der Waals surface area contributed by atoms with Crippen LogP contribution >= 0.6 is 11.3 Å². The van der Waals surface area contributed by atoms with Gasteiger partial charge in [0.2, 0.25) is 0 Å². The van der Waals surface area contributed by atoms with Gasteiger partial charge in [0, 0.05) is 36.7 Å². The molecule has 0 saturated carbocycles. The Labute approximate surface area is 141 Å². The van der Waals surface area contributed by atoms with Crippen LogP contribution < -0.4 is 9.64 Å². The molecule has 2 heterocycles. The molecule has 0 radical (unpaired) electrons. The molecule has 7 heteroatoms. The largest absolute Gasteiger partial charge is 0.497 e. The summed E-state index contributed by atoms with van der Waals surface area (Å²) < 4.78 is 32.4. The van der Waals surface area contributed by atoms with E-state index in [-0.39, 0.29) is 0 Å². The van der Waals surface area contributed by atoms with Crippen molar-refractivity contribution in [2.75, 3.05) is 38.2 Å². The van der Waals surface area contributed by atoms with Gasteiger partial charge in [0.05, 0.1) is 7.11 Å². The first-order chi connectivity index (χ1) is 11.0. The van der Waals surface area contributed by atoms with Crippen LogP contribution in [0.1, 0.15) is 4.88 Å². The Morgan fingerprint density at radius 2 is 1.65 bits per heavy atom. The van der Waals surface area contributed by atoms with Gasteiger partial charge in [-0.2, -0.15) is 4.31 Å². The van der Waals surface area contributed by atoms with Crippen LogP contribution in [0.2, 0.25) is 0 Å². The monoisotopic (exact) mass is 352 g/mol. The lowest BCUT2D eigenvalue weighted by Gasteiger charge is -2.35. The summed E-state index contributed by atoms with van der Waals surface area (Å²) in [7, 11) is -1.71. The first-order valence-corrected chi connectivity index (χ1v) is 9.72. The summed E-state index contributed by atoms with van der Waals surface area (Å²) in [6, 6.07) is 11.4. The van der Waals surface area contributed by atoms with Gasteiger partial charge in [-0.1, -0.05) is 0 Å². The Bertz CT molecular complexity index is 761. The van der Waals surface area contributed by atoms with E-state index >= 15 is 0 Å². The van der Waals surface area contributed by atoms with Crippen LogP contribution in [0, 0.1) is 6.92 Å². The van der Waals surface area contributed by atoms with Crippen LogP contribution in [0.3, 0.4) is 0 Å². The summed E-state index contributed by atoms with van der Waals surface area (Å²) in [5.41, 5.74) is 1.09. The fourth-order valence-corrected chi connectivity index (χ4v) is 5.52. The maximum Gasteiger partial charge on any atom is 0.252 e. The number of sulfonamides is 1. The van der Waals surface area contributed by atoms with Crippen molar-refractivity contribution >= 4 is 27.0 Å². The van der Waals surface area contributed by atoms with Gasteiger partial charge in [0.25, 0.3) is 10.0 Å². The summed E-state index contributed by atoms with van der Waals surface area (Å²) in [5.74, 6) is 0.822. The van der Waals surface area contributed by atoms with Gasteiger partial charge in [0.1, 0.15) is 9.96 Å². The molecule has 23 heavy (non-hydrogen) atoms. The molecule has 124 valence electrons. The molecule has 5 nitrogen and oxygen atoms in total. The van der Waals surface area contributed by atoms with E-state index in [1.807, 2.05) is 37.3 Å². The topological polar surface area (TPSA) is 49.9 Å². The smallest absolute Gasteiger partial charge is 0.252 e. The Morgan fingerprint density at radius 1 is 1.00 bits per heavy atom. The van der Waals surface area contributed by atoms with Crippen LogP contribution in [0.15, 0.2) is 40.6 Å². The SMILES string of the molecule is COc1ccc(N2CCN(S(=O)(=O)c3ccc(C)s3)CC2)cc1. The van der Waals surface area contributed by atoms with Crippen molar-refractivity contribution in [1.82, 2.24) is 4.31 Å². The number of ether oxygens (including phenoxy) is 1. The fourth-order valence-electron chi connectivity index (χ4n) is 2.66. The highest BCUT2D eigenvalue weighted by Gasteiger charge is 2.29. The highest BCUT2D eigenvalue weighted by atomic mass is 32.2. The highest BCUT2D eigenvalue weighted by molar-refractivity contribution is 7.91. The quantitative estimate of drug-likeness (QED) is 0.849. The van der Waals surface area contributed by atoms with Crippen LogP contribution in [-0.2, 0) is 10.0 Å². The highest BCUT2D eigenvalue weighted by Crippen LogP contribution is 2.26. The van der Waals surface area contributed by atoms with Gasteiger partial charge in [0.15, 0.2) is 0 Å². The summed E-state index contributed by atoms with van der Waals surface area (Å²) >= 11 is 1.33. The number of rotatable bonds is 4. The number of piperazine rings is 1. The summed E-state index contributed by atoms with van der Waals surface area (Å²) in [6.07, 6.45) is 0. The minimum absolute atomic E-state index is 0.438. The lowest BCUT2D eigenvalue weighted by molar-refractivity contribution is 0.385. The predicted molar refractivity (Wildman–Crippen MR) is 93.0 cm³/mol. The molecule has 1 aromatic carbocycles. The number of anilines is 1. The van der Waals surface area contributed by atoms with Crippen LogP contribution in [-0.4, -0.2) is 46.0 Å². The van der Waals surface area contributed by atoms with E-state index in [9.17, 15) is 8.42 Å². The third kappa shape index (κ3) is 3.36. The Morgan fingerprint density at radius 3 is 2.17 bits per heavy atom. The molecule has 0 N–H and O–H groups in total. The standard InChI is InChI=1S/C16H20N2O3S2/c1-13-3-8-16(22-13)23(19,20)18-11-9-17(10-12-18)14-4-6-15(21-2)7-5-14/h3-8H,9-12H2,1-2H3. The third-order valence-electron chi connectivity index (χ3n) is 3.99. The van der Waals surface area contributed by atoms with E-state index < -0.39 is 10.0 Å². The Balaban J connectivity index is 1.68. The van der Waals surface area contributed by atoms with E-state index in [0.29, 0.717) is 30.4 Å². The Kier molecular flexibility index (Phi) is 4.61. The van der Waals surface area contributed by atoms with Crippen molar-refractivity contribution in [1.29, 1.82) is 0 Å². The van der Waals surface area contributed by atoms with Crippen LogP contribution in [0.5, 0.6) is 5.75 Å². The molecule has 2 aromatic rings. The number of aryl methyl sites for hydroxylation is 1. The van der Waals surface area contributed by atoms with Gasteiger partial charge < -0.3 is 9.64 Å². The van der Waals surface area contributed by atoms with E-state index in [4.69, 9.17) is 4.74 Å². The van der Waals surface area contributed by atoms with E-state index in [1.54, 1.807) is 17.5 Å². The molecule has 0 unspecified atom stereocenters. The zero-order valence-corrected chi connectivity index (χ0v) is 14.9. The van der Waals surface area contributed by atoms with E-state index in [2.05, 4.69) is 4.90 Å². The van der Waals surface area contributed by atoms with Crippen molar-refractivity contribution in [3.63, 3.8) is 0 Å². The van der Waals surface area contributed by atoms with Gasteiger partial charge in [-0.05, 0) is 43.3 Å². The fraction of sp³-hybridized carbons (Fsp3) is 0.375. The van der Waals surface area contributed by atoms with Gasteiger partial charge >= 0.3 is 0 Å². The van der Waals surface area contributed by atoms with Gasteiger partial charge in [-0.3, -0.25) is 0 Å².